The van der Waals surface area contributed by atoms with Crippen LogP contribution in [0.4, 0.5) is 0 Å². The summed E-state index contributed by atoms with van der Waals surface area (Å²) < 4.78 is 0. The summed E-state index contributed by atoms with van der Waals surface area (Å²) >= 11 is 0. The molecular weight excluding hydrogens is 394 g/mol. The molecular formula is C25H35NO5. The smallest absolute Gasteiger partial charge is 0.326 e. The number of amides is 1. The predicted octanol–water partition coefficient (Wildman–Crippen LogP) is 4.97. The highest BCUT2D eigenvalue weighted by Crippen LogP contribution is 2.26. The minimum atomic E-state index is -1.13. The maximum atomic E-state index is 12.6. The zero-order chi connectivity index (χ0) is 23.6. The van der Waals surface area contributed by atoms with Crippen LogP contribution < -0.4 is 0 Å². The molecule has 3 N–H and O–H groups in total. The highest BCUT2D eigenvalue weighted by molar-refractivity contribution is 5.91. The van der Waals surface area contributed by atoms with Gasteiger partial charge in [-0.15, -0.1) is 0 Å². The largest absolute Gasteiger partial charge is 0.504 e. The Morgan fingerprint density at radius 1 is 0.968 bits per heavy atom. The Labute approximate surface area is 185 Å². The number of phenolic OH excluding ortho intramolecular Hbond substituents is 2. The van der Waals surface area contributed by atoms with E-state index in [1.807, 2.05) is 6.92 Å². The van der Waals surface area contributed by atoms with E-state index in [0.717, 1.165) is 31.3 Å². The van der Waals surface area contributed by atoms with Gasteiger partial charge in [-0.05, 0) is 71.1 Å². The summed E-state index contributed by atoms with van der Waals surface area (Å²) in [5.74, 6) is -2.11. The van der Waals surface area contributed by atoms with Crippen LogP contribution in [0.2, 0.25) is 0 Å². The number of nitrogens with zero attached hydrogens (tertiary/aromatic N) is 1. The highest BCUT2D eigenvalue weighted by atomic mass is 16.4. The monoisotopic (exact) mass is 429 g/mol. The van der Waals surface area contributed by atoms with Crippen molar-refractivity contribution in [1.82, 2.24) is 4.90 Å². The molecule has 1 atom stereocenters. The van der Waals surface area contributed by atoms with Gasteiger partial charge in [0, 0.05) is 19.5 Å². The van der Waals surface area contributed by atoms with Gasteiger partial charge in [0.1, 0.15) is 6.04 Å². The number of rotatable bonds is 11. The van der Waals surface area contributed by atoms with E-state index in [-0.39, 0.29) is 23.8 Å². The lowest BCUT2D eigenvalue weighted by Crippen LogP contribution is -2.43. The second-order valence-corrected chi connectivity index (χ2v) is 8.23. The normalized spacial score (nSPS) is 12.9. The first-order valence-electron chi connectivity index (χ1n) is 10.5. The van der Waals surface area contributed by atoms with E-state index in [2.05, 4.69) is 32.9 Å². The number of allylic oxidation sites excluding steroid dienone is 5. The average molecular weight is 430 g/mol. The minimum absolute atomic E-state index is 0.0198. The molecule has 0 bridgehead atoms. The van der Waals surface area contributed by atoms with Gasteiger partial charge in [0.25, 0.3) is 0 Å². The maximum Gasteiger partial charge on any atom is 0.326 e. The Kier molecular flexibility index (Phi) is 10.6. The fourth-order valence-electron chi connectivity index (χ4n) is 3.08. The van der Waals surface area contributed by atoms with Crippen molar-refractivity contribution in [1.29, 1.82) is 0 Å². The van der Waals surface area contributed by atoms with Crippen LogP contribution in [0.5, 0.6) is 11.5 Å². The van der Waals surface area contributed by atoms with Crippen molar-refractivity contribution in [3.05, 3.63) is 58.7 Å². The van der Waals surface area contributed by atoms with Gasteiger partial charge >= 0.3 is 5.97 Å². The summed E-state index contributed by atoms with van der Waals surface area (Å²) in [4.78, 5) is 25.5. The Balaban J connectivity index is 2.70. The highest BCUT2D eigenvalue weighted by Gasteiger charge is 2.26. The van der Waals surface area contributed by atoms with E-state index in [0.29, 0.717) is 5.56 Å². The fourth-order valence-corrected chi connectivity index (χ4v) is 3.08. The molecule has 1 unspecified atom stereocenters. The molecule has 0 aliphatic rings. The lowest BCUT2D eigenvalue weighted by molar-refractivity contribution is -0.147. The third-order valence-electron chi connectivity index (χ3n) is 5.06. The Morgan fingerprint density at radius 2 is 1.58 bits per heavy atom. The van der Waals surface area contributed by atoms with E-state index in [1.54, 1.807) is 0 Å². The number of carboxylic acids is 1. The second-order valence-electron chi connectivity index (χ2n) is 8.23. The molecule has 6 heteroatoms. The van der Waals surface area contributed by atoms with E-state index in [9.17, 15) is 24.9 Å². The molecule has 0 aliphatic heterocycles. The fraction of sp³-hybridized carbons (Fsp3) is 0.440. The van der Waals surface area contributed by atoms with Crippen LogP contribution in [0.3, 0.4) is 0 Å². The zero-order valence-corrected chi connectivity index (χ0v) is 19.2. The van der Waals surface area contributed by atoms with Crippen LogP contribution in [-0.2, 0) is 16.0 Å². The van der Waals surface area contributed by atoms with Gasteiger partial charge in [-0.2, -0.15) is 0 Å². The number of aliphatic carboxylic acids is 1. The SMILES string of the molecule is CC(C)=CCC/C(C)=C/CC/C(C)=C/C(=O)N(C)C(Cc1ccc(O)c(O)c1)C(=O)O. The first-order valence-corrected chi connectivity index (χ1v) is 10.5. The molecule has 0 saturated heterocycles. The summed E-state index contributed by atoms with van der Waals surface area (Å²) in [7, 11) is 1.46. The molecule has 0 radical (unpaired) electrons. The topological polar surface area (TPSA) is 98.1 Å². The molecule has 170 valence electrons. The van der Waals surface area contributed by atoms with Crippen molar-refractivity contribution in [2.24, 2.45) is 0 Å². The molecule has 0 spiro atoms. The molecule has 1 aromatic rings. The van der Waals surface area contributed by atoms with Gasteiger partial charge in [0.15, 0.2) is 11.5 Å². The van der Waals surface area contributed by atoms with E-state index in [4.69, 9.17) is 0 Å². The molecule has 0 aromatic heterocycles. The predicted molar refractivity (Wildman–Crippen MR) is 123 cm³/mol. The van der Waals surface area contributed by atoms with Crippen LogP contribution >= 0.6 is 0 Å². The minimum Gasteiger partial charge on any atom is -0.504 e. The summed E-state index contributed by atoms with van der Waals surface area (Å²) in [6.45, 7) is 8.15. The zero-order valence-electron chi connectivity index (χ0n) is 19.2. The molecule has 6 nitrogen and oxygen atoms in total. The maximum absolute atomic E-state index is 12.6. The Hall–Kier alpha value is -3.02. The van der Waals surface area contributed by atoms with Crippen molar-refractivity contribution in [2.45, 2.75) is 65.8 Å². The van der Waals surface area contributed by atoms with Gasteiger partial charge in [-0.25, -0.2) is 4.79 Å². The summed E-state index contributed by atoms with van der Waals surface area (Å²) in [5, 5.41) is 28.6. The quantitative estimate of drug-likeness (QED) is 0.262. The Morgan fingerprint density at radius 3 is 2.16 bits per heavy atom. The van der Waals surface area contributed by atoms with E-state index >= 15 is 0 Å². The lowest BCUT2D eigenvalue weighted by Gasteiger charge is -2.24. The lowest BCUT2D eigenvalue weighted by atomic mass is 10.0. The molecule has 1 aromatic carbocycles. The summed E-state index contributed by atoms with van der Waals surface area (Å²) in [5.41, 5.74) is 4.03. The third-order valence-corrected chi connectivity index (χ3v) is 5.06. The third kappa shape index (κ3) is 9.55. The van der Waals surface area contributed by atoms with E-state index < -0.39 is 12.0 Å². The van der Waals surface area contributed by atoms with Crippen molar-refractivity contribution in [2.75, 3.05) is 7.05 Å². The van der Waals surface area contributed by atoms with Crippen molar-refractivity contribution in [3.8, 4) is 11.5 Å². The molecule has 1 rings (SSSR count). The number of hydrogen-bond donors (Lipinski definition) is 3. The number of likely N-dealkylation sites (N-methyl/N-ethyl adjacent to an activating group) is 1. The first kappa shape index (κ1) is 26.0. The van der Waals surface area contributed by atoms with Gasteiger partial charge < -0.3 is 20.2 Å². The van der Waals surface area contributed by atoms with Crippen molar-refractivity contribution < 1.29 is 24.9 Å². The molecule has 0 fully saturated rings. The molecule has 0 heterocycles. The second kappa shape index (κ2) is 12.6. The van der Waals surface area contributed by atoms with Crippen LogP contribution in [0.1, 0.15) is 58.9 Å². The van der Waals surface area contributed by atoms with Crippen LogP contribution in [0, 0.1) is 0 Å². The van der Waals surface area contributed by atoms with Crippen LogP contribution in [0.15, 0.2) is 53.1 Å². The standard InChI is InChI=1S/C25H35NO5/c1-17(2)8-6-9-18(3)10-7-11-19(4)14-24(29)26(5)21(25(30)31)15-20-12-13-22(27)23(28)16-20/h8,10,12-14,16,21,27-28H,6-7,9,11,15H2,1-5H3,(H,30,31)/b18-10+,19-14+. The number of carboxylic acid groups (broad SMARTS) is 1. The number of phenols is 2. The van der Waals surface area contributed by atoms with Crippen LogP contribution in [-0.4, -0.2) is 45.2 Å². The van der Waals surface area contributed by atoms with Gasteiger partial charge in [-0.3, -0.25) is 4.79 Å². The molecule has 1 amide bonds. The van der Waals surface area contributed by atoms with Crippen molar-refractivity contribution in [3.63, 3.8) is 0 Å². The van der Waals surface area contributed by atoms with Gasteiger partial charge in [0.05, 0.1) is 0 Å². The summed E-state index contributed by atoms with van der Waals surface area (Å²) in [6, 6.07) is 3.04. The Bertz CT molecular complexity index is 863. The number of benzene rings is 1. The molecule has 0 aliphatic carbocycles. The number of carbonyl (C=O) groups is 2. The number of carbonyl (C=O) groups excluding carboxylic acids is 1. The number of hydrogen-bond acceptors (Lipinski definition) is 4. The van der Waals surface area contributed by atoms with E-state index in [1.165, 1.54) is 47.4 Å². The van der Waals surface area contributed by atoms with Gasteiger partial charge in [0.2, 0.25) is 5.91 Å². The average Bonchev–Trinajstić information content (AvgIpc) is 2.67. The first-order chi connectivity index (χ1) is 14.5. The molecule has 31 heavy (non-hydrogen) atoms. The summed E-state index contributed by atoms with van der Waals surface area (Å²) in [6.07, 6.45) is 9.50. The van der Waals surface area contributed by atoms with Crippen molar-refractivity contribution >= 4 is 11.9 Å². The van der Waals surface area contributed by atoms with Gasteiger partial charge in [-0.1, -0.05) is 34.9 Å². The molecule has 0 saturated carbocycles. The number of aromatic hydroxyl groups is 2. The van der Waals surface area contributed by atoms with Crippen LogP contribution in [0.25, 0.3) is 0 Å².